The van der Waals surface area contributed by atoms with Crippen LogP contribution in [0.5, 0.6) is 0 Å². The third-order valence-electron chi connectivity index (χ3n) is 3.14. The zero-order valence-electron chi connectivity index (χ0n) is 12.9. The molecule has 0 bridgehead atoms. The molecule has 0 aromatic heterocycles. The van der Waals surface area contributed by atoms with Gasteiger partial charge in [0.15, 0.2) is 0 Å². The van der Waals surface area contributed by atoms with Crippen LogP contribution in [-0.4, -0.2) is 39.8 Å². The van der Waals surface area contributed by atoms with Crippen molar-refractivity contribution >= 4 is 23.9 Å². The van der Waals surface area contributed by atoms with Gasteiger partial charge in [-0.25, -0.2) is 9.59 Å². The van der Waals surface area contributed by atoms with Gasteiger partial charge in [0.25, 0.3) is 11.8 Å². The van der Waals surface area contributed by atoms with Crippen LogP contribution in [0.3, 0.4) is 0 Å². The van der Waals surface area contributed by atoms with Crippen LogP contribution in [0.2, 0.25) is 0 Å². The van der Waals surface area contributed by atoms with Crippen LogP contribution in [0.4, 0.5) is 4.79 Å². The molecule has 1 unspecified atom stereocenters. The molecule has 0 saturated carbocycles. The van der Waals surface area contributed by atoms with Gasteiger partial charge in [0, 0.05) is 12.8 Å². The number of hydrogen-bond acceptors (Lipinski definition) is 7. The Hall–Kier alpha value is -2.94. The minimum absolute atomic E-state index is 0.0686. The smallest absolute Gasteiger partial charge is 0.410 e. The highest BCUT2D eigenvalue weighted by atomic mass is 16.7. The first-order valence-corrected chi connectivity index (χ1v) is 7.09. The number of carbonyl (C=O) groups excluding carboxylic acids is 4. The second-order valence-corrected chi connectivity index (χ2v) is 5.22. The minimum atomic E-state index is -2.48. The number of nitrogens with one attached hydrogen (secondary N) is 1. The van der Waals surface area contributed by atoms with Crippen molar-refractivity contribution in [2.75, 3.05) is 0 Å². The average molecular weight is 336 g/mol. The van der Waals surface area contributed by atoms with Crippen molar-refractivity contribution in [1.82, 2.24) is 10.4 Å². The van der Waals surface area contributed by atoms with Crippen LogP contribution < -0.4 is 5.32 Å². The highest BCUT2D eigenvalue weighted by Crippen LogP contribution is 2.14. The number of imide groups is 1. The lowest BCUT2D eigenvalue weighted by Crippen LogP contribution is -2.55. The maximum absolute atomic E-state index is 11.8. The van der Waals surface area contributed by atoms with Gasteiger partial charge in [0.1, 0.15) is 6.61 Å². The molecule has 3 amide bonds. The van der Waals surface area contributed by atoms with E-state index in [0.717, 1.165) is 6.92 Å². The zero-order valence-corrected chi connectivity index (χ0v) is 12.9. The van der Waals surface area contributed by atoms with E-state index in [1.165, 1.54) is 0 Å². The molecule has 0 spiro atoms. The van der Waals surface area contributed by atoms with Gasteiger partial charge >= 0.3 is 12.1 Å². The van der Waals surface area contributed by atoms with Gasteiger partial charge in [-0.05, 0) is 12.5 Å². The second-order valence-electron chi connectivity index (χ2n) is 5.22. The monoisotopic (exact) mass is 336 g/mol. The summed E-state index contributed by atoms with van der Waals surface area (Å²) in [7, 11) is 0. The van der Waals surface area contributed by atoms with Crippen molar-refractivity contribution in [1.29, 1.82) is 0 Å². The first-order valence-electron chi connectivity index (χ1n) is 7.09. The number of benzene rings is 1. The van der Waals surface area contributed by atoms with Crippen LogP contribution in [0, 0.1) is 0 Å². The van der Waals surface area contributed by atoms with E-state index in [0.29, 0.717) is 5.56 Å². The number of ether oxygens (including phenoxy) is 1. The van der Waals surface area contributed by atoms with E-state index in [4.69, 9.17) is 4.74 Å². The standard InChI is InChI=1S/C15H16N2O7/c1-15(22,13(20)24-17-11(18)7-8-12(17)19)16-14(21)23-9-10-5-3-2-4-6-10/h2-6,22H,7-9H2,1H3,(H,16,21). The summed E-state index contributed by atoms with van der Waals surface area (Å²) < 4.78 is 4.86. The molecule has 24 heavy (non-hydrogen) atoms. The topological polar surface area (TPSA) is 122 Å². The summed E-state index contributed by atoms with van der Waals surface area (Å²) in [6.07, 6.45) is -1.23. The zero-order chi connectivity index (χ0) is 17.7. The molecule has 1 atom stereocenters. The van der Waals surface area contributed by atoms with E-state index < -0.39 is 29.6 Å². The van der Waals surface area contributed by atoms with Crippen LogP contribution >= 0.6 is 0 Å². The van der Waals surface area contributed by atoms with Crippen molar-refractivity contribution in [2.24, 2.45) is 0 Å². The fourth-order valence-electron chi connectivity index (χ4n) is 1.84. The summed E-state index contributed by atoms with van der Waals surface area (Å²) in [5, 5.41) is 12.1. The number of amides is 3. The number of hydrogen-bond donors (Lipinski definition) is 2. The van der Waals surface area contributed by atoms with Gasteiger partial charge in [-0.1, -0.05) is 30.3 Å². The lowest BCUT2D eigenvalue weighted by atomic mass is 10.2. The molecular formula is C15H16N2O7. The molecule has 2 rings (SSSR count). The summed E-state index contributed by atoms with van der Waals surface area (Å²) in [6, 6.07) is 8.77. The largest absolute Gasteiger partial charge is 0.445 e. The molecule has 128 valence electrons. The Kier molecular flexibility index (Phi) is 5.14. The molecule has 1 aromatic carbocycles. The highest BCUT2D eigenvalue weighted by molar-refractivity contribution is 6.02. The molecule has 1 aliphatic heterocycles. The van der Waals surface area contributed by atoms with Gasteiger partial charge in [0.2, 0.25) is 5.72 Å². The van der Waals surface area contributed by atoms with Gasteiger partial charge < -0.3 is 14.7 Å². The third kappa shape index (κ3) is 4.29. The molecule has 9 nitrogen and oxygen atoms in total. The van der Waals surface area contributed by atoms with Gasteiger partial charge in [-0.3, -0.25) is 14.9 Å². The van der Waals surface area contributed by atoms with Crippen molar-refractivity contribution in [3.8, 4) is 0 Å². The predicted molar refractivity (Wildman–Crippen MR) is 77.6 cm³/mol. The summed E-state index contributed by atoms with van der Waals surface area (Å²) in [6.45, 7) is 0.866. The van der Waals surface area contributed by atoms with Crippen LogP contribution in [-0.2, 0) is 30.6 Å². The van der Waals surface area contributed by atoms with Crippen LogP contribution in [0.15, 0.2) is 30.3 Å². The van der Waals surface area contributed by atoms with Crippen molar-refractivity contribution < 1.29 is 33.9 Å². The third-order valence-corrected chi connectivity index (χ3v) is 3.14. The summed E-state index contributed by atoms with van der Waals surface area (Å²) in [5.74, 6) is -2.78. The minimum Gasteiger partial charge on any atom is -0.445 e. The Morgan fingerprint density at radius 2 is 1.79 bits per heavy atom. The number of hydroxylamine groups is 2. The predicted octanol–water partition coefficient (Wildman–Crippen LogP) is 0.228. The van der Waals surface area contributed by atoms with E-state index in [1.807, 2.05) is 5.32 Å². The van der Waals surface area contributed by atoms with Gasteiger partial charge in [-0.15, -0.1) is 5.06 Å². The van der Waals surface area contributed by atoms with E-state index in [2.05, 4.69) is 4.84 Å². The molecule has 1 saturated heterocycles. The molecule has 1 aliphatic rings. The molecule has 2 N–H and O–H groups in total. The van der Waals surface area contributed by atoms with E-state index >= 15 is 0 Å². The molecule has 1 fully saturated rings. The Balaban J connectivity index is 1.87. The normalized spacial score (nSPS) is 16.5. The Morgan fingerprint density at radius 3 is 2.38 bits per heavy atom. The van der Waals surface area contributed by atoms with E-state index in [9.17, 15) is 24.3 Å². The summed E-state index contributed by atoms with van der Waals surface area (Å²) in [4.78, 5) is 50.8. The SMILES string of the molecule is CC(O)(NC(=O)OCc1ccccc1)C(=O)ON1C(=O)CCC1=O. The highest BCUT2D eigenvalue weighted by Gasteiger charge is 2.40. The number of nitrogens with zero attached hydrogens (tertiary/aromatic N) is 1. The number of carbonyl (C=O) groups is 4. The Bertz CT molecular complexity index is 641. The quantitative estimate of drug-likeness (QED) is 0.583. The summed E-state index contributed by atoms with van der Waals surface area (Å²) in [5.41, 5.74) is -1.76. The molecule has 0 aliphatic carbocycles. The second kappa shape index (κ2) is 7.09. The maximum Gasteiger partial charge on any atom is 0.410 e. The number of aliphatic hydroxyl groups is 1. The fourth-order valence-corrected chi connectivity index (χ4v) is 1.84. The van der Waals surface area contributed by atoms with Crippen molar-refractivity contribution in [3.63, 3.8) is 0 Å². The lowest BCUT2D eigenvalue weighted by molar-refractivity contribution is -0.211. The first kappa shape index (κ1) is 17.4. The number of alkyl carbamates (subject to hydrolysis) is 1. The average Bonchev–Trinajstić information content (AvgIpc) is 2.85. The van der Waals surface area contributed by atoms with Crippen molar-refractivity contribution in [2.45, 2.75) is 32.1 Å². The van der Waals surface area contributed by atoms with E-state index in [-0.39, 0.29) is 24.5 Å². The molecule has 0 radical (unpaired) electrons. The van der Waals surface area contributed by atoms with Crippen LogP contribution in [0.25, 0.3) is 0 Å². The molecule has 9 heteroatoms. The molecule has 1 heterocycles. The van der Waals surface area contributed by atoms with E-state index in [1.54, 1.807) is 30.3 Å². The first-order chi connectivity index (χ1) is 11.3. The fraction of sp³-hybridized carbons (Fsp3) is 0.333. The van der Waals surface area contributed by atoms with Crippen LogP contribution in [0.1, 0.15) is 25.3 Å². The Labute approximate surface area is 137 Å². The molecule has 1 aromatic rings. The van der Waals surface area contributed by atoms with Gasteiger partial charge in [0.05, 0.1) is 0 Å². The number of rotatable bonds is 5. The molecular weight excluding hydrogens is 320 g/mol. The maximum atomic E-state index is 11.8. The summed E-state index contributed by atoms with van der Waals surface area (Å²) >= 11 is 0. The van der Waals surface area contributed by atoms with Gasteiger partial charge in [-0.2, -0.15) is 0 Å². The van der Waals surface area contributed by atoms with Crippen molar-refractivity contribution in [3.05, 3.63) is 35.9 Å². The Morgan fingerprint density at radius 1 is 1.21 bits per heavy atom. The lowest BCUT2D eigenvalue weighted by Gasteiger charge is -2.23.